The molecule has 0 aromatic heterocycles. The first-order valence-electron chi connectivity index (χ1n) is 7.93. The third kappa shape index (κ3) is 2.13. The van der Waals surface area contributed by atoms with Crippen molar-refractivity contribution in [2.45, 2.75) is 25.3 Å². The van der Waals surface area contributed by atoms with Crippen molar-refractivity contribution in [2.24, 2.45) is 5.92 Å². The molecule has 4 heteroatoms. The zero-order valence-corrected chi connectivity index (χ0v) is 12.9. The number of hydrogen-bond acceptors (Lipinski definition) is 3. The number of nitrogens with one attached hydrogen (secondary N) is 1. The van der Waals surface area contributed by atoms with E-state index in [1.165, 1.54) is 11.1 Å². The summed E-state index contributed by atoms with van der Waals surface area (Å²) in [6.45, 7) is 1.84. The van der Waals surface area contributed by atoms with Gasteiger partial charge in [0.1, 0.15) is 0 Å². The van der Waals surface area contributed by atoms with Gasteiger partial charge in [0.25, 0.3) is 5.69 Å². The second kappa shape index (κ2) is 5.23. The van der Waals surface area contributed by atoms with Crippen LogP contribution in [-0.2, 0) is 0 Å². The zero-order valence-electron chi connectivity index (χ0n) is 12.9. The number of rotatable bonds is 2. The van der Waals surface area contributed by atoms with Crippen LogP contribution in [0.3, 0.4) is 0 Å². The van der Waals surface area contributed by atoms with Crippen LogP contribution in [0.25, 0.3) is 0 Å². The molecule has 4 nitrogen and oxygen atoms in total. The maximum Gasteiger partial charge on any atom is 0.274 e. The van der Waals surface area contributed by atoms with Gasteiger partial charge < -0.3 is 5.32 Å². The Hall–Kier alpha value is -2.62. The lowest BCUT2D eigenvalue weighted by Crippen LogP contribution is -2.29. The van der Waals surface area contributed by atoms with E-state index < -0.39 is 0 Å². The fraction of sp³-hybridized carbons (Fsp3) is 0.263. The van der Waals surface area contributed by atoms with Crippen molar-refractivity contribution in [1.82, 2.24) is 0 Å². The first kappa shape index (κ1) is 14.0. The van der Waals surface area contributed by atoms with E-state index in [0.29, 0.717) is 11.8 Å². The Bertz CT molecular complexity index is 799. The van der Waals surface area contributed by atoms with Gasteiger partial charge in [0.05, 0.1) is 16.5 Å². The van der Waals surface area contributed by atoms with Gasteiger partial charge in [-0.15, -0.1) is 0 Å². The summed E-state index contributed by atoms with van der Waals surface area (Å²) in [6, 6.07) is 14.1. The maximum absolute atomic E-state index is 11.3. The molecular formula is C19H18N2O2. The molecule has 2 aromatic carbocycles. The lowest BCUT2D eigenvalue weighted by molar-refractivity contribution is -0.385. The van der Waals surface area contributed by atoms with Gasteiger partial charge in [0, 0.05) is 17.7 Å². The minimum Gasteiger partial charge on any atom is -0.377 e. The normalized spacial score (nSPS) is 24.7. The van der Waals surface area contributed by atoms with Crippen LogP contribution in [0.4, 0.5) is 11.4 Å². The standard InChI is InChI=1S/C19H18N2O2/c1-12-17(21(22)23)11-10-16-14-8-5-9-15(14)19(20-18(12)16)13-6-3-2-4-7-13/h2-8,10-11,14-15,19-20H,9H2,1H3. The second-order valence-electron chi connectivity index (χ2n) is 6.32. The van der Waals surface area contributed by atoms with Crippen LogP contribution < -0.4 is 5.32 Å². The molecule has 116 valence electrons. The van der Waals surface area contributed by atoms with E-state index in [1.54, 1.807) is 6.07 Å². The van der Waals surface area contributed by atoms with Crippen LogP contribution in [0.15, 0.2) is 54.6 Å². The van der Waals surface area contributed by atoms with Crippen molar-refractivity contribution in [3.63, 3.8) is 0 Å². The fourth-order valence-corrected chi connectivity index (χ4v) is 3.99. The van der Waals surface area contributed by atoms with Gasteiger partial charge in [-0.25, -0.2) is 0 Å². The summed E-state index contributed by atoms with van der Waals surface area (Å²) in [6.07, 6.45) is 5.52. The number of nitrogens with zero attached hydrogens (tertiary/aromatic N) is 1. The molecule has 0 spiro atoms. The molecule has 0 saturated carbocycles. The van der Waals surface area contributed by atoms with Crippen LogP contribution in [0, 0.1) is 23.0 Å². The predicted molar refractivity (Wildman–Crippen MR) is 90.6 cm³/mol. The lowest BCUT2D eigenvalue weighted by atomic mass is 9.76. The van der Waals surface area contributed by atoms with Crippen LogP contribution in [0.1, 0.15) is 35.1 Å². The van der Waals surface area contributed by atoms with Crippen molar-refractivity contribution >= 4 is 11.4 Å². The molecule has 0 fully saturated rings. The molecule has 3 atom stereocenters. The highest BCUT2D eigenvalue weighted by Crippen LogP contribution is 2.51. The van der Waals surface area contributed by atoms with Crippen LogP contribution in [0.2, 0.25) is 0 Å². The Balaban J connectivity index is 1.85. The van der Waals surface area contributed by atoms with Crippen molar-refractivity contribution in [3.05, 3.63) is 81.4 Å². The zero-order chi connectivity index (χ0) is 16.0. The molecule has 0 amide bonds. The smallest absolute Gasteiger partial charge is 0.274 e. The highest BCUT2D eigenvalue weighted by molar-refractivity contribution is 5.69. The number of fused-ring (bicyclic) bond motifs is 3. The third-order valence-electron chi connectivity index (χ3n) is 5.12. The molecule has 23 heavy (non-hydrogen) atoms. The number of allylic oxidation sites excluding steroid dienone is 2. The molecule has 3 unspecified atom stereocenters. The SMILES string of the molecule is Cc1c([N+](=O)[O-])ccc2c1NC(c1ccccc1)C1CC=CC21. The molecule has 0 bridgehead atoms. The van der Waals surface area contributed by atoms with Gasteiger partial charge in [0.2, 0.25) is 0 Å². The summed E-state index contributed by atoms with van der Waals surface area (Å²) in [5.74, 6) is 0.793. The minimum absolute atomic E-state index is 0.184. The fourth-order valence-electron chi connectivity index (χ4n) is 3.99. The minimum atomic E-state index is -0.300. The van der Waals surface area contributed by atoms with Gasteiger partial charge >= 0.3 is 0 Å². The summed E-state index contributed by atoms with van der Waals surface area (Å²) in [5.41, 5.74) is 4.26. The topological polar surface area (TPSA) is 55.2 Å². The summed E-state index contributed by atoms with van der Waals surface area (Å²) < 4.78 is 0. The van der Waals surface area contributed by atoms with Crippen molar-refractivity contribution < 1.29 is 4.92 Å². The molecule has 2 aliphatic rings. The number of nitro groups is 1. The van der Waals surface area contributed by atoms with Gasteiger partial charge in [0.15, 0.2) is 0 Å². The summed E-state index contributed by atoms with van der Waals surface area (Å²) >= 11 is 0. The highest BCUT2D eigenvalue weighted by Gasteiger charge is 2.39. The molecule has 0 saturated heterocycles. The molecule has 0 radical (unpaired) electrons. The maximum atomic E-state index is 11.3. The number of nitro benzene ring substituents is 1. The summed E-state index contributed by atoms with van der Waals surface area (Å²) in [7, 11) is 0. The number of hydrogen-bond donors (Lipinski definition) is 1. The van der Waals surface area contributed by atoms with Gasteiger partial charge in [-0.2, -0.15) is 0 Å². The van der Waals surface area contributed by atoms with Crippen LogP contribution in [0.5, 0.6) is 0 Å². The van der Waals surface area contributed by atoms with Gasteiger partial charge in [-0.3, -0.25) is 10.1 Å². The van der Waals surface area contributed by atoms with E-state index in [-0.39, 0.29) is 16.7 Å². The monoisotopic (exact) mass is 306 g/mol. The van der Waals surface area contributed by atoms with Crippen LogP contribution >= 0.6 is 0 Å². The molecule has 1 heterocycles. The first-order valence-corrected chi connectivity index (χ1v) is 7.93. The van der Waals surface area contributed by atoms with Crippen molar-refractivity contribution in [2.75, 3.05) is 5.32 Å². The summed E-state index contributed by atoms with van der Waals surface area (Å²) in [4.78, 5) is 11.0. The Morgan fingerprint density at radius 2 is 1.96 bits per heavy atom. The first-order chi connectivity index (χ1) is 11.2. The summed E-state index contributed by atoms with van der Waals surface area (Å²) in [5, 5.41) is 14.9. The van der Waals surface area contributed by atoms with Crippen molar-refractivity contribution in [3.8, 4) is 0 Å². The Morgan fingerprint density at radius 1 is 1.17 bits per heavy atom. The van der Waals surface area contributed by atoms with Gasteiger partial charge in [-0.05, 0) is 36.5 Å². The molecule has 1 aliphatic carbocycles. The van der Waals surface area contributed by atoms with E-state index in [2.05, 4.69) is 29.6 Å². The van der Waals surface area contributed by atoms with E-state index in [9.17, 15) is 10.1 Å². The molecule has 2 aromatic rings. The largest absolute Gasteiger partial charge is 0.377 e. The lowest BCUT2D eigenvalue weighted by Gasteiger charge is -2.38. The average Bonchev–Trinajstić information content (AvgIpc) is 3.05. The molecule has 4 rings (SSSR count). The van der Waals surface area contributed by atoms with E-state index in [4.69, 9.17) is 0 Å². The predicted octanol–water partition coefficient (Wildman–Crippen LogP) is 4.73. The van der Waals surface area contributed by atoms with Gasteiger partial charge in [-0.1, -0.05) is 42.5 Å². The van der Waals surface area contributed by atoms with Crippen LogP contribution in [-0.4, -0.2) is 4.92 Å². The Kier molecular flexibility index (Phi) is 3.18. The highest BCUT2D eigenvalue weighted by atomic mass is 16.6. The number of anilines is 1. The molecular weight excluding hydrogens is 288 g/mol. The molecule has 1 N–H and O–H groups in total. The Labute approximate surface area is 135 Å². The van der Waals surface area contributed by atoms with E-state index in [0.717, 1.165) is 17.7 Å². The van der Waals surface area contributed by atoms with E-state index in [1.807, 2.05) is 31.2 Å². The third-order valence-corrected chi connectivity index (χ3v) is 5.12. The molecule has 1 aliphatic heterocycles. The number of benzene rings is 2. The quantitative estimate of drug-likeness (QED) is 0.496. The Morgan fingerprint density at radius 3 is 2.70 bits per heavy atom. The second-order valence-corrected chi connectivity index (χ2v) is 6.32. The average molecular weight is 306 g/mol. The van der Waals surface area contributed by atoms with E-state index >= 15 is 0 Å². The van der Waals surface area contributed by atoms with Crippen molar-refractivity contribution in [1.29, 1.82) is 0 Å².